The van der Waals surface area contributed by atoms with E-state index >= 15 is 0 Å². The number of carbonyl (C=O) groups is 1. The van der Waals surface area contributed by atoms with Crippen LogP contribution in [0.3, 0.4) is 0 Å². The third-order valence-electron chi connectivity index (χ3n) is 2.16. The van der Waals surface area contributed by atoms with E-state index in [9.17, 15) is 9.90 Å². The molecule has 3 heteroatoms. The molecule has 3 nitrogen and oxygen atoms in total. The molecule has 1 rings (SSSR count). The van der Waals surface area contributed by atoms with Crippen LogP contribution in [0.15, 0.2) is 30.3 Å². The molecule has 0 bridgehead atoms. The number of hydrogen-bond donors (Lipinski definition) is 1. The number of aliphatic hydroxyl groups is 1. The predicted octanol–water partition coefficient (Wildman–Crippen LogP) is 2.25. The number of esters is 1. The molecule has 1 aromatic rings. The van der Waals surface area contributed by atoms with Crippen molar-refractivity contribution in [3.8, 4) is 0 Å². The molecule has 0 radical (unpaired) electrons. The lowest BCUT2D eigenvalue weighted by molar-refractivity contribution is 0.0209. The van der Waals surface area contributed by atoms with E-state index < -0.39 is 6.10 Å². The van der Waals surface area contributed by atoms with Gasteiger partial charge in [-0.1, -0.05) is 32.0 Å². The normalized spacial score (nSPS) is 12.5. The number of hydrogen-bond acceptors (Lipinski definition) is 3. The summed E-state index contributed by atoms with van der Waals surface area (Å²) in [7, 11) is 0. The van der Waals surface area contributed by atoms with Crippen LogP contribution in [0.4, 0.5) is 0 Å². The van der Waals surface area contributed by atoms with Crippen LogP contribution in [0.5, 0.6) is 0 Å². The first-order chi connectivity index (χ1) is 7.59. The van der Waals surface area contributed by atoms with E-state index in [1.54, 1.807) is 24.3 Å². The third-order valence-corrected chi connectivity index (χ3v) is 2.16. The molecule has 0 heterocycles. The molecule has 0 aliphatic rings. The second kappa shape index (κ2) is 6.28. The second-order valence-corrected chi connectivity index (χ2v) is 4.25. The van der Waals surface area contributed by atoms with Crippen molar-refractivity contribution in [2.45, 2.75) is 26.4 Å². The van der Waals surface area contributed by atoms with Crippen molar-refractivity contribution in [2.75, 3.05) is 6.61 Å². The molecule has 0 saturated heterocycles. The van der Waals surface area contributed by atoms with Gasteiger partial charge < -0.3 is 9.84 Å². The third kappa shape index (κ3) is 4.45. The van der Waals surface area contributed by atoms with Gasteiger partial charge in [-0.3, -0.25) is 0 Å². The largest absolute Gasteiger partial charge is 0.459 e. The molecule has 16 heavy (non-hydrogen) atoms. The predicted molar refractivity (Wildman–Crippen MR) is 62.2 cm³/mol. The molecule has 0 spiro atoms. The summed E-state index contributed by atoms with van der Waals surface area (Å²) in [6.45, 7) is 4.09. The fourth-order valence-electron chi connectivity index (χ4n) is 1.44. The van der Waals surface area contributed by atoms with E-state index in [-0.39, 0.29) is 12.6 Å². The van der Waals surface area contributed by atoms with Crippen molar-refractivity contribution in [3.63, 3.8) is 0 Å². The zero-order valence-corrected chi connectivity index (χ0v) is 9.72. The Kier molecular flexibility index (Phi) is 4.99. The smallest absolute Gasteiger partial charge is 0.338 e. The van der Waals surface area contributed by atoms with Gasteiger partial charge in [-0.25, -0.2) is 4.79 Å². The van der Waals surface area contributed by atoms with Gasteiger partial charge in [0.05, 0.1) is 11.7 Å². The number of carbonyl (C=O) groups excluding carboxylic acids is 1. The van der Waals surface area contributed by atoms with E-state index in [4.69, 9.17) is 4.74 Å². The van der Waals surface area contributed by atoms with Gasteiger partial charge in [-0.15, -0.1) is 0 Å². The SMILES string of the molecule is CC(C)CC(O)COC(=O)c1ccccc1. The first-order valence-corrected chi connectivity index (χ1v) is 5.50. The standard InChI is InChI=1S/C13H18O3/c1-10(2)8-12(14)9-16-13(15)11-6-4-3-5-7-11/h3-7,10,12,14H,8-9H2,1-2H3. The Bertz CT molecular complexity index is 319. The van der Waals surface area contributed by atoms with Crippen molar-refractivity contribution in [2.24, 2.45) is 5.92 Å². The van der Waals surface area contributed by atoms with Crippen LogP contribution in [-0.4, -0.2) is 23.8 Å². The number of benzene rings is 1. The summed E-state index contributed by atoms with van der Waals surface area (Å²) in [5.41, 5.74) is 0.513. The number of rotatable bonds is 5. The summed E-state index contributed by atoms with van der Waals surface area (Å²) in [6.07, 6.45) is 0.0647. The Morgan fingerprint density at radius 1 is 1.31 bits per heavy atom. The molecular weight excluding hydrogens is 204 g/mol. The summed E-state index contributed by atoms with van der Waals surface area (Å²) >= 11 is 0. The maximum atomic E-state index is 11.5. The minimum atomic E-state index is -0.576. The average Bonchev–Trinajstić information content (AvgIpc) is 2.26. The lowest BCUT2D eigenvalue weighted by Crippen LogP contribution is -2.20. The summed E-state index contributed by atoms with van der Waals surface area (Å²) in [5, 5.41) is 9.54. The van der Waals surface area contributed by atoms with E-state index in [1.165, 1.54) is 0 Å². The fraction of sp³-hybridized carbons (Fsp3) is 0.462. The highest BCUT2D eigenvalue weighted by molar-refractivity contribution is 5.89. The summed E-state index contributed by atoms with van der Waals surface area (Å²) < 4.78 is 5.00. The van der Waals surface area contributed by atoms with E-state index in [0.29, 0.717) is 17.9 Å². The maximum Gasteiger partial charge on any atom is 0.338 e. The molecule has 88 valence electrons. The molecule has 1 aromatic carbocycles. The molecule has 0 aromatic heterocycles. The zero-order valence-electron chi connectivity index (χ0n) is 9.72. The van der Waals surface area contributed by atoms with Gasteiger partial charge in [0.1, 0.15) is 6.61 Å². The van der Waals surface area contributed by atoms with Crippen LogP contribution >= 0.6 is 0 Å². The van der Waals surface area contributed by atoms with E-state index in [0.717, 1.165) is 0 Å². The highest BCUT2D eigenvalue weighted by Gasteiger charge is 2.11. The van der Waals surface area contributed by atoms with Crippen molar-refractivity contribution in [3.05, 3.63) is 35.9 Å². The van der Waals surface area contributed by atoms with E-state index in [2.05, 4.69) is 0 Å². The Hall–Kier alpha value is -1.35. The quantitative estimate of drug-likeness (QED) is 0.777. The maximum absolute atomic E-state index is 11.5. The molecule has 0 fully saturated rings. The first kappa shape index (κ1) is 12.7. The lowest BCUT2D eigenvalue weighted by Gasteiger charge is -2.13. The lowest BCUT2D eigenvalue weighted by atomic mass is 10.1. The molecule has 1 unspecified atom stereocenters. The van der Waals surface area contributed by atoms with Crippen molar-refractivity contribution >= 4 is 5.97 Å². The molecule has 0 aliphatic carbocycles. The van der Waals surface area contributed by atoms with Crippen LogP contribution in [0.2, 0.25) is 0 Å². The van der Waals surface area contributed by atoms with E-state index in [1.807, 2.05) is 19.9 Å². The molecule has 0 saturated carbocycles. The molecule has 1 N–H and O–H groups in total. The Morgan fingerprint density at radius 3 is 2.50 bits per heavy atom. The molecular formula is C13H18O3. The monoisotopic (exact) mass is 222 g/mol. The molecule has 0 amide bonds. The van der Waals surface area contributed by atoms with Gasteiger partial charge in [0.25, 0.3) is 0 Å². The van der Waals surface area contributed by atoms with Gasteiger partial charge in [0, 0.05) is 0 Å². The Morgan fingerprint density at radius 2 is 1.94 bits per heavy atom. The van der Waals surface area contributed by atoms with Crippen LogP contribution in [0.1, 0.15) is 30.6 Å². The van der Waals surface area contributed by atoms with Crippen LogP contribution in [0.25, 0.3) is 0 Å². The highest BCUT2D eigenvalue weighted by atomic mass is 16.5. The summed E-state index contributed by atoms with van der Waals surface area (Å²) in [5.74, 6) is 0.00818. The van der Waals surface area contributed by atoms with Gasteiger partial charge in [0.15, 0.2) is 0 Å². The van der Waals surface area contributed by atoms with Crippen molar-refractivity contribution in [1.82, 2.24) is 0 Å². The van der Waals surface area contributed by atoms with Gasteiger partial charge in [-0.05, 0) is 24.5 Å². The van der Waals surface area contributed by atoms with Gasteiger partial charge in [0.2, 0.25) is 0 Å². The summed E-state index contributed by atoms with van der Waals surface area (Å²) in [4.78, 5) is 11.5. The zero-order chi connectivity index (χ0) is 12.0. The summed E-state index contributed by atoms with van der Waals surface area (Å²) in [6, 6.07) is 8.78. The van der Waals surface area contributed by atoms with Crippen LogP contribution < -0.4 is 0 Å². The van der Waals surface area contributed by atoms with Crippen molar-refractivity contribution in [1.29, 1.82) is 0 Å². The van der Waals surface area contributed by atoms with Gasteiger partial charge >= 0.3 is 5.97 Å². The highest BCUT2D eigenvalue weighted by Crippen LogP contribution is 2.06. The molecule has 0 aliphatic heterocycles. The first-order valence-electron chi connectivity index (χ1n) is 5.50. The fourth-order valence-corrected chi connectivity index (χ4v) is 1.44. The van der Waals surface area contributed by atoms with Crippen LogP contribution in [-0.2, 0) is 4.74 Å². The second-order valence-electron chi connectivity index (χ2n) is 4.25. The molecule has 1 atom stereocenters. The minimum Gasteiger partial charge on any atom is -0.459 e. The average molecular weight is 222 g/mol. The van der Waals surface area contributed by atoms with Crippen LogP contribution in [0, 0.1) is 5.92 Å². The minimum absolute atomic E-state index is 0.0614. The topological polar surface area (TPSA) is 46.5 Å². The number of aliphatic hydroxyl groups excluding tert-OH is 1. The number of ether oxygens (including phenoxy) is 1. The van der Waals surface area contributed by atoms with Gasteiger partial charge in [-0.2, -0.15) is 0 Å². The Balaban J connectivity index is 2.36. The van der Waals surface area contributed by atoms with Crippen molar-refractivity contribution < 1.29 is 14.6 Å². The Labute approximate surface area is 96.1 Å².